The lowest BCUT2D eigenvalue weighted by Gasteiger charge is -2.16. The predicted molar refractivity (Wildman–Crippen MR) is 85.0 cm³/mol. The fourth-order valence-electron chi connectivity index (χ4n) is 3.08. The first-order valence-corrected chi connectivity index (χ1v) is 7.79. The molecule has 0 spiro atoms. The summed E-state index contributed by atoms with van der Waals surface area (Å²) in [4.78, 5) is 4.94. The van der Waals surface area contributed by atoms with Gasteiger partial charge in [0.1, 0.15) is 0 Å². The zero-order valence-corrected chi connectivity index (χ0v) is 13.1. The number of rotatable bonds is 1. The van der Waals surface area contributed by atoms with Crippen LogP contribution in [-0.2, 0) is 12.8 Å². The first kappa shape index (κ1) is 12.9. The van der Waals surface area contributed by atoms with E-state index in [-0.39, 0.29) is 0 Å². The lowest BCUT2D eigenvalue weighted by molar-refractivity contribution is 0.709. The van der Waals surface area contributed by atoms with Crippen molar-refractivity contribution in [1.29, 1.82) is 0 Å². The van der Waals surface area contributed by atoms with Crippen LogP contribution in [0.4, 0.5) is 5.69 Å². The minimum Gasteiger partial charge on any atom is -0.387 e. The predicted octanol–water partition coefficient (Wildman–Crippen LogP) is 4.62. The van der Waals surface area contributed by atoms with Crippen LogP contribution in [0, 0.1) is 6.92 Å². The van der Waals surface area contributed by atoms with E-state index in [0.717, 1.165) is 22.8 Å². The minimum absolute atomic E-state index is 1.09. The Kier molecular flexibility index (Phi) is 3.48. The van der Waals surface area contributed by atoms with Crippen LogP contribution >= 0.6 is 15.9 Å². The van der Waals surface area contributed by atoms with Gasteiger partial charge in [-0.2, -0.15) is 0 Å². The highest BCUT2D eigenvalue weighted by molar-refractivity contribution is 9.10. The van der Waals surface area contributed by atoms with E-state index in [1.165, 1.54) is 47.2 Å². The van der Waals surface area contributed by atoms with Crippen molar-refractivity contribution in [3.63, 3.8) is 0 Å². The Morgan fingerprint density at radius 1 is 1.16 bits per heavy atom. The molecule has 0 unspecified atom stereocenters. The largest absolute Gasteiger partial charge is 0.387 e. The SMILES string of the molecule is CNc1c2c(nc3c(Br)cc(C)cc13)CCCCC2. The number of aromatic nitrogens is 1. The van der Waals surface area contributed by atoms with Gasteiger partial charge in [0, 0.05) is 28.3 Å². The highest BCUT2D eigenvalue weighted by Gasteiger charge is 2.17. The van der Waals surface area contributed by atoms with E-state index >= 15 is 0 Å². The van der Waals surface area contributed by atoms with Gasteiger partial charge in [-0.05, 0) is 71.8 Å². The number of hydrogen-bond donors (Lipinski definition) is 1. The van der Waals surface area contributed by atoms with Crippen molar-refractivity contribution in [2.75, 3.05) is 12.4 Å². The second-order valence-electron chi connectivity index (χ2n) is 5.37. The molecule has 0 atom stereocenters. The van der Waals surface area contributed by atoms with E-state index in [1.54, 1.807) is 0 Å². The van der Waals surface area contributed by atoms with Crippen LogP contribution in [0.25, 0.3) is 10.9 Å². The van der Waals surface area contributed by atoms with Crippen molar-refractivity contribution in [2.24, 2.45) is 0 Å². The molecule has 0 amide bonds. The average molecular weight is 319 g/mol. The maximum absolute atomic E-state index is 4.94. The van der Waals surface area contributed by atoms with Crippen molar-refractivity contribution in [3.8, 4) is 0 Å². The second-order valence-corrected chi connectivity index (χ2v) is 6.22. The lowest BCUT2D eigenvalue weighted by Crippen LogP contribution is -2.04. The van der Waals surface area contributed by atoms with Gasteiger partial charge >= 0.3 is 0 Å². The summed E-state index contributed by atoms with van der Waals surface area (Å²) in [6, 6.07) is 4.39. The third kappa shape index (κ3) is 2.25. The van der Waals surface area contributed by atoms with Gasteiger partial charge in [-0.25, -0.2) is 0 Å². The van der Waals surface area contributed by atoms with Crippen LogP contribution in [0.3, 0.4) is 0 Å². The lowest BCUT2D eigenvalue weighted by atomic mass is 10.0. The number of fused-ring (bicyclic) bond motifs is 2. The molecule has 3 heteroatoms. The number of pyridine rings is 1. The van der Waals surface area contributed by atoms with E-state index in [1.807, 2.05) is 7.05 Å². The molecule has 1 N–H and O–H groups in total. The molecule has 2 aromatic rings. The van der Waals surface area contributed by atoms with Crippen molar-refractivity contribution in [2.45, 2.75) is 39.0 Å². The molecule has 0 fully saturated rings. The molecule has 1 aromatic heterocycles. The van der Waals surface area contributed by atoms with E-state index < -0.39 is 0 Å². The Hall–Kier alpha value is -1.09. The molecule has 2 nitrogen and oxygen atoms in total. The van der Waals surface area contributed by atoms with Crippen LogP contribution in [0.15, 0.2) is 16.6 Å². The molecule has 0 radical (unpaired) electrons. The highest BCUT2D eigenvalue weighted by Crippen LogP contribution is 2.35. The number of anilines is 1. The monoisotopic (exact) mass is 318 g/mol. The average Bonchev–Trinajstić information content (AvgIpc) is 2.61. The number of nitrogens with zero attached hydrogens (tertiary/aromatic N) is 1. The molecule has 1 aliphatic rings. The zero-order chi connectivity index (χ0) is 13.4. The van der Waals surface area contributed by atoms with Gasteiger partial charge in [0.15, 0.2) is 0 Å². The van der Waals surface area contributed by atoms with Gasteiger partial charge in [0.05, 0.1) is 5.52 Å². The Bertz CT molecular complexity index is 634. The van der Waals surface area contributed by atoms with E-state index in [4.69, 9.17) is 4.98 Å². The van der Waals surface area contributed by atoms with Crippen LogP contribution in [0.2, 0.25) is 0 Å². The third-order valence-corrected chi connectivity index (χ3v) is 4.57. The van der Waals surface area contributed by atoms with Crippen LogP contribution in [-0.4, -0.2) is 12.0 Å². The molecule has 0 aliphatic heterocycles. The molecule has 19 heavy (non-hydrogen) atoms. The summed E-state index contributed by atoms with van der Waals surface area (Å²) in [7, 11) is 2.02. The molecular formula is C16H19BrN2. The van der Waals surface area contributed by atoms with E-state index in [2.05, 4.69) is 40.3 Å². The number of nitrogens with one attached hydrogen (secondary N) is 1. The van der Waals surface area contributed by atoms with Crippen molar-refractivity contribution >= 4 is 32.5 Å². The molecule has 0 saturated heterocycles. The summed E-state index contributed by atoms with van der Waals surface area (Å²) in [6.45, 7) is 2.13. The smallest absolute Gasteiger partial charge is 0.0868 e. The minimum atomic E-state index is 1.09. The highest BCUT2D eigenvalue weighted by atomic mass is 79.9. The van der Waals surface area contributed by atoms with Gasteiger partial charge in [0.25, 0.3) is 0 Å². The van der Waals surface area contributed by atoms with Gasteiger partial charge < -0.3 is 5.32 Å². The van der Waals surface area contributed by atoms with Gasteiger partial charge in [-0.15, -0.1) is 0 Å². The summed E-state index contributed by atoms with van der Waals surface area (Å²) in [5, 5.41) is 4.66. The maximum atomic E-state index is 4.94. The summed E-state index contributed by atoms with van der Waals surface area (Å²) in [5.74, 6) is 0. The van der Waals surface area contributed by atoms with E-state index in [9.17, 15) is 0 Å². The maximum Gasteiger partial charge on any atom is 0.0868 e. The van der Waals surface area contributed by atoms with Crippen molar-refractivity contribution in [1.82, 2.24) is 4.98 Å². The van der Waals surface area contributed by atoms with E-state index in [0.29, 0.717) is 0 Å². The number of aryl methyl sites for hydroxylation is 2. The Balaban J connectivity index is 2.36. The number of halogens is 1. The van der Waals surface area contributed by atoms with Gasteiger partial charge in [-0.3, -0.25) is 4.98 Å². The first-order valence-electron chi connectivity index (χ1n) is 7.00. The normalized spacial score (nSPS) is 15.1. The standard InChI is InChI=1S/C16H19BrN2/c1-10-8-12-15(18-2)11-6-4-3-5-7-14(11)19-16(12)13(17)9-10/h8-9H,3-7H2,1-2H3,(H,18,19). The fraction of sp³-hybridized carbons (Fsp3) is 0.438. The zero-order valence-electron chi connectivity index (χ0n) is 11.5. The molecular weight excluding hydrogens is 300 g/mol. The molecule has 3 rings (SSSR count). The van der Waals surface area contributed by atoms with Crippen molar-refractivity contribution in [3.05, 3.63) is 33.4 Å². The van der Waals surface area contributed by atoms with Gasteiger partial charge in [-0.1, -0.05) is 6.42 Å². The fourth-order valence-corrected chi connectivity index (χ4v) is 3.74. The van der Waals surface area contributed by atoms with Crippen LogP contribution in [0.5, 0.6) is 0 Å². The molecule has 1 heterocycles. The summed E-state index contributed by atoms with van der Waals surface area (Å²) < 4.78 is 1.10. The van der Waals surface area contributed by atoms with Crippen LogP contribution in [0.1, 0.15) is 36.1 Å². The molecule has 0 saturated carbocycles. The Morgan fingerprint density at radius 3 is 2.74 bits per heavy atom. The Labute approximate surface area is 122 Å². The number of benzene rings is 1. The Morgan fingerprint density at radius 2 is 1.95 bits per heavy atom. The molecule has 1 aromatic carbocycles. The topological polar surface area (TPSA) is 24.9 Å². The first-order chi connectivity index (χ1) is 9.20. The number of hydrogen-bond acceptors (Lipinski definition) is 2. The molecule has 1 aliphatic carbocycles. The summed E-state index contributed by atoms with van der Waals surface area (Å²) >= 11 is 3.67. The second kappa shape index (κ2) is 5.12. The molecule has 0 bridgehead atoms. The molecule has 100 valence electrons. The third-order valence-electron chi connectivity index (χ3n) is 3.96. The van der Waals surface area contributed by atoms with Crippen LogP contribution < -0.4 is 5.32 Å². The van der Waals surface area contributed by atoms with Crippen molar-refractivity contribution < 1.29 is 0 Å². The quantitative estimate of drug-likeness (QED) is 0.776. The summed E-state index contributed by atoms with van der Waals surface area (Å²) in [5.41, 5.74) is 6.37. The van der Waals surface area contributed by atoms with Gasteiger partial charge in [0.2, 0.25) is 0 Å². The summed E-state index contributed by atoms with van der Waals surface area (Å²) in [6.07, 6.45) is 6.12.